The molecule has 4 fully saturated rings. The van der Waals surface area contributed by atoms with E-state index in [1.807, 2.05) is 0 Å². The lowest BCUT2D eigenvalue weighted by atomic mass is 9.84. The summed E-state index contributed by atoms with van der Waals surface area (Å²) in [7, 11) is 0. The van der Waals surface area contributed by atoms with E-state index in [0.29, 0.717) is 25.0 Å². The van der Waals surface area contributed by atoms with Crippen LogP contribution in [0.5, 0.6) is 0 Å². The molecule has 6 heteroatoms. The van der Waals surface area contributed by atoms with E-state index in [4.69, 9.17) is 14.6 Å². The molecular weight excluding hydrogens is 380 g/mol. The minimum atomic E-state index is -0.831. The summed E-state index contributed by atoms with van der Waals surface area (Å²) in [4.78, 5) is 15.1. The van der Waals surface area contributed by atoms with Crippen LogP contribution in [-0.2, 0) is 9.47 Å². The van der Waals surface area contributed by atoms with Crippen LogP contribution in [0.15, 0.2) is 29.8 Å². The molecule has 1 N–H and O–H groups in total. The van der Waals surface area contributed by atoms with Crippen molar-refractivity contribution in [2.75, 3.05) is 46.0 Å². The summed E-state index contributed by atoms with van der Waals surface area (Å²) in [6.45, 7) is 5.68. The van der Waals surface area contributed by atoms with Gasteiger partial charge in [0, 0.05) is 6.04 Å². The molecule has 30 heavy (non-hydrogen) atoms. The zero-order chi connectivity index (χ0) is 20.6. The number of hydrogen-bond acceptors (Lipinski definition) is 4. The van der Waals surface area contributed by atoms with Crippen LogP contribution in [0, 0.1) is 0 Å². The third-order valence-corrected chi connectivity index (χ3v) is 7.39. The molecule has 0 bridgehead atoms. The first-order valence-corrected chi connectivity index (χ1v) is 11.3. The van der Waals surface area contributed by atoms with Crippen LogP contribution in [0.25, 0.3) is 6.08 Å². The van der Waals surface area contributed by atoms with Crippen molar-refractivity contribution in [1.82, 2.24) is 9.80 Å². The molecule has 0 radical (unpaired) electrons. The molecule has 1 atom stereocenters. The summed E-state index contributed by atoms with van der Waals surface area (Å²) in [6.07, 6.45) is 6.99. The van der Waals surface area contributed by atoms with Gasteiger partial charge in [0.1, 0.15) is 5.60 Å². The molecule has 0 unspecified atom stereocenters. The molecule has 6 nitrogen and oxygen atoms in total. The van der Waals surface area contributed by atoms with Gasteiger partial charge >= 0.3 is 6.09 Å². The number of carboxylic acid groups (broad SMARTS) is 1. The fourth-order valence-corrected chi connectivity index (χ4v) is 5.65. The summed E-state index contributed by atoms with van der Waals surface area (Å²) in [5.74, 6) is 0.608. The van der Waals surface area contributed by atoms with E-state index in [0.717, 1.165) is 52.2 Å². The molecule has 0 aromatic heterocycles. The quantitative estimate of drug-likeness (QED) is 0.822. The van der Waals surface area contributed by atoms with Crippen LogP contribution in [0.4, 0.5) is 4.79 Å². The highest BCUT2D eigenvalue weighted by molar-refractivity contribution is 5.66. The predicted octanol–water partition coefficient (Wildman–Crippen LogP) is 3.58. The first kappa shape index (κ1) is 20.0. The van der Waals surface area contributed by atoms with Crippen molar-refractivity contribution < 1.29 is 19.4 Å². The van der Waals surface area contributed by atoms with Gasteiger partial charge in [-0.25, -0.2) is 4.79 Å². The Hall–Kier alpha value is -1.89. The molecule has 0 aliphatic carbocycles. The van der Waals surface area contributed by atoms with E-state index in [1.54, 1.807) is 0 Å². The van der Waals surface area contributed by atoms with E-state index in [-0.39, 0.29) is 5.60 Å². The van der Waals surface area contributed by atoms with E-state index >= 15 is 0 Å². The standard InChI is InChI=1S/C24H32N2O4/c27-23(28)26-16-24(17-26)14-21(15-30-24)25-9-5-19(6-10-25)22-4-2-1-3-20(22)13-18-7-11-29-12-8-18/h1-4,13,19,21H,5-12,14-17H2,(H,27,28)/t21-/m0/s1. The maximum absolute atomic E-state index is 11.1. The van der Waals surface area contributed by atoms with Gasteiger partial charge < -0.3 is 19.5 Å². The largest absolute Gasteiger partial charge is 0.465 e. The number of carbonyl (C=O) groups is 1. The average molecular weight is 413 g/mol. The SMILES string of the molecule is O=C(O)N1CC2(C[C@H](N3CCC(c4ccccc4C=C4CCOCC4)CC3)CO2)C1. The molecule has 4 heterocycles. The lowest BCUT2D eigenvalue weighted by Crippen LogP contribution is -2.63. The van der Waals surface area contributed by atoms with Crippen molar-refractivity contribution in [2.24, 2.45) is 0 Å². The first-order chi connectivity index (χ1) is 14.6. The summed E-state index contributed by atoms with van der Waals surface area (Å²) in [5.41, 5.74) is 4.17. The summed E-state index contributed by atoms with van der Waals surface area (Å²) in [6, 6.07) is 9.34. The Morgan fingerprint density at radius 2 is 1.87 bits per heavy atom. The van der Waals surface area contributed by atoms with Crippen molar-refractivity contribution in [3.05, 3.63) is 41.0 Å². The minimum absolute atomic E-state index is 0.220. The van der Waals surface area contributed by atoms with Gasteiger partial charge in [0.25, 0.3) is 0 Å². The maximum Gasteiger partial charge on any atom is 0.407 e. The highest BCUT2D eigenvalue weighted by Crippen LogP contribution is 2.39. The second-order valence-electron chi connectivity index (χ2n) is 9.34. The molecule has 5 rings (SSSR count). The van der Waals surface area contributed by atoms with Crippen molar-refractivity contribution in [1.29, 1.82) is 0 Å². The monoisotopic (exact) mass is 412 g/mol. The Balaban J connectivity index is 1.19. The molecule has 4 aliphatic rings. The molecule has 1 aromatic rings. The maximum atomic E-state index is 11.1. The van der Waals surface area contributed by atoms with Crippen molar-refractivity contribution in [3.8, 4) is 0 Å². The fourth-order valence-electron chi connectivity index (χ4n) is 5.65. The van der Waals surface area contributed by atoms with Gasteiger partial charge in [-0.15, -0.1) is 0 Å². The van der Waals surface area contributed by atoms with E-state index in [1.165, 1.54) is 34.4 Å². The van der Waals surface area contributed by atoms with Crippen LogP contribution < -0.4 is 0 Å². The highest BCUT2D eigenvalue weighted by Gasteiger charge is 2.52. The molecule has 4 saturated heterocycles. The highest BCUT2D eigenvalue weighted by atomic mass is 16.5. The van der Waals surface area contributed by atoms with Crippen LogP contribution in [0.2, 0.25) is 0 Å². The Labute approximate surface area is 178 Å². The number of piperidine rings is 1. The first-order valence-electron chi connectivity index (χ1n) is 11.3. The van der Waals surface area contributed by atoms with Crippen LogP contribution in [0.3, 0.4) is 0 Å². The number of likely N-dealkylation sites (tertiary alicyclic amines) is 2. The summed E-state index contributed by atoms with van der Waals surface area (Å²) < 4.78 is 11.6. The number of rotatable bonds is 3. The Morgan fingerprint density at radius 3 is 2.60 bits per heavy atom. The Bertz CT molecular complexity index is 801. The number of ether oxygens (including phenoxy) is 2. The molecule has 1 aromatic carbocycles. The zero-order valence-corrected chi connectivity index (χ0v) is 17.6. The number of benzene rings is 1. The fraction of sp³-hybridized carbons (Fsp3) is 0.625. The van der Waals surface area contributed by atoms with Crippen LogP contribution in [0.1, 0.15) is 49.1 Å². The smallest absolute Gasteiger partial charge is 0.407 e. The third kappa shape index (κ3) is 4.01. The van der Waals surface area contributed by atoms with Crippen LogP contribution in [-0.4, -0.2) is 78.6 Å². The van der Waals surface area contributed by atoms with Crippen molar-refractivity contribution in [3.63, 3.8) is 0 Å². The zero-order valence-electron chi connectivity index (χ0n) is 17.6. The number of amides is 1. The van der Waals surface area contributed by atoms with E-state index < -0.39 is 6.09 Å². The van der Waals surface area contributed by atoms with Crippen LogP contribution >= 0.6 is 0 Å². The normalized spacial score (nSPS) is 27.3. The second-order valence-corrected chi connectivity index (χ2v) is 9.34. The molecule has 4 aliphatic heterocycles. The van der Waals surface area contributed by atoms with Gasteiger partial charge in [-0.2, -0.15) is 0 Å². The predicted molar refractivity (Wildman–Crippen MR) is 115 cm³/mol. The number of nitrogens with zero attached hydrogens (tertiary/aromatic N) is 2. The van der Waals surface area contributed by atoms with Gasteiger partial charge in [-0.3, -0.25) is 4.90 Å². The summed E-state index contributed by atoms with van der Waals surface area (Å²) in [5, 5.41) is 9.10. The van der Waals surface area contributed by atoms with E-state index in [2.05, 4.69) is 35.2 Å². The lowest BCUT2D eigenvalue weighted by Gasteiger charge is -2.45. The number of hydrogen-bond donors (Lipinski definition) is 1. The lowest BCUT2D eigenvalue weighted by molar-refractivity contribution is -0.0982. The Kier molecular flexibility index (Phi) is 5.56. The molecular formula is C24H32N2O4. The molecule has 1 amide bonds. The summed E-state index contributed by atoms with van der Waals surface area (Å²) >= 11 is 0. The molecule has 1 spiro atoms. The molecule has 162 valence electrons. The van der Waals surface area contributed by atoms with Gasteiger partial charge in [-0.1, -0.05) is 35.9 Å². The second kappa shape index (κ2) is 8.33. The average Bonchev–Trinajstić information content (AvgIpc) is 3.20. The minimum Gasteiger partial charge on any atom is -0.465 e. The molecule has 0 saturated carbocycles. The van der Waals surface area contributed by atoms with Gasteiger partial charge in [0.05, 0.1) is 32.9 Å². The van der Waals surface area contributed by atoms with Gasteiger partial charge in [0.15, 0.2) is 0 Å². The van der Waals surface area contributed by atoms with Gasteiger partial charge in [0.2, 0.25) is 0 Å². The van der Waals surface area contributed by atoms with Gasteiger partial charge in [-0.05, 0) is 62.2 Å². The van der Waals surface area contributed by atoms with E-state index in [9.17, 15) is 4.79 Å². The topological polar surface area (TPSA) is 62.2 Å². The van der Waals surface area contributed by atoms with Crippen molar-refractivity contribution in [2.45, 2.75) is 49.7 Å². The van der Waals surface area contributed by atoms with Crippen molar-refractivity contribution >= 4 is 12.2 Å². The Morgan fingerprint density at radius 1 is 1.13 bits per heavy atom. The third-order valence-electron chi connectivity index (χ3n) is 7.39.